The number of aryl methyl sites for hydroxylation is 1. The van der Waals surface area contributed by atoms with Gasteiger partial charge in [-0.25, -0.2) is 4.68 Å². The Morgan fingerprint density at radius 2 is 1.73 bits per heavy atom. The van der Waals surface area contributed by atoms with Gasteiger partial charge < -0.3 is 29.9 Å². The Morgan fingerprint density at radius 3 is 2.43 bits per heavy atom. The van der Waals surface area contributed by atoms with Crippen molar-refractivity contribution in [3.63, 3.8) is 0 Å². The molecule has 1 saturated heterocycles. The minimum Gasteiger partial charge on any atom is -0.460 e. The average molecular weight is 415 g/mol. The maximum absolute atomic E-state index is 10.3. The number of nitrogens with zero attached hydrogens (tertiary/aromatic N) is 3. The summed E-state index contributed by atoms with van der Waals surface area (Å²) in [6, 6.07) is 13.4. The molecule has 3 aromatic rings. The standard InChI is InChI=1S/C21H25N3O6/c1-2-12-6-8-13(9-7-12)10-24-17-14(22-23-24)4-3-5-15(17)29-21-20(28)19(27)18(26)16(11-25)30-21/h3-9,16,18-21,25-28H,2,10-11H2,1H3/t16-,18-,19+,20-,21-/m1/s1. The fourth-order valence-electron chi connectivity index (χ4n) is 3.55. The Balaban J connectivity index is 1.62. The van der Waals surface area contributed by atoms with E-state index in [1.165, 1.54) is 5.56 Å². The molecule has 30 heavy (non-hydrogen) atoms. The smallest absolute Gasteiger partial charge is 0.229 e. The molecule has 1 aromatic heterocycles. The maximum atomic E-state index is 10.3. The highest BCUT2D eigenvalue weighted by Crippen LogP contribution is 2.29. The number of aromatic nitrogens is 3. The molecular formula is C21H25N3O6. The van der Waals surface area contributed by atoms with Crippen LogP contribution in [0.3, 0.4) is 0 Å². The predicted molar refractivity (Wildman–Crippen MR) is 107 cm³/mol. The van der Waals surface area contributed by atoms with Crippen molar-refractivity contribution in [3.05, 3.63) is 53.6 Å². The largest absolute Gasteiger partial charge is 0.460 e. The molecule has 9 nitrogen and oxygen atoms in total. The molecule has 1 aliphatic rings. The van der Waals surface area contributed by atoms with Crippen molar-refractivity contribution in [1.82, 2.24) is 15.0 Å². The van der Waals surface area contributed by atoms with Crippen molar-refractivity contribution < 1.29 is 29.9 Å². The number of para-hydroxylation sites is 1. The van der Waals surface area contributed by atoms with E-state index in [0.717, 1.165) is 12.0 Å². The number of fused-ring (bicyclic) bond motifs is 1. The lowest BCUT2D eigenvalue weighted by Gasteiger charge is -2.39. The topological polar surface area (TPSA) is 130 Å². The van der Waals surface area contributed by atoms with Gasteiger partial charge in [-0.1, -0.05) is 42.5 Å². The van der Waals surface area contributed by atoms with Gasteiger partial charge in [0.1, 0.15) is 35.4 Å². The van der Waals surface area contributed by atoms with Crippen LogP contribution in [0.25, 0.3) is 11.0 Å². The molecule has 2 aromatic carbocycles. The third-order valence-electron chi connectivity index (χ3n) is 5.35. The minimum atomic E-state index is -1.51. The first-order chi connectivity index (χ1) is 14.5. The molecular weight excluding hydrogens is 390 g/mol. The third kappa shape index (κ3) is 3.90. The summed E-state index contributed by atoms with van der Waals surface area (Å²) in [5.41, 5.74) is 3.49. The van der Waals surface area contributed by atoms with Crippen LogP contribution in [-0.4, -0.2) is 72.7 Å². The number of ether oxygens (including phenoxy) is 2. The van der Waals surface area contributed by atoms with Gasteiger partial charge in [-0.3, -0.25) is 0 Å². The first-order valence-corrected chi connectivity index (χ1v) is 9.89. The summed E-state index contributed by atoms with van der Waals surface area (Å²) in [4.78, 5) is 0. The highest BCUT2D eigenvalue weighted by Gasteiger charge is 2.44. The molecule has 0 bridgehead atoms. The van der Waals surface area contributed by atoms with Crippen LogP contribution < -0.4 is 4.74 Å². The van der Waals surface area contributed by atoms with Gasteiger partial charge in [0.15, 0.2) is 5.75 Å². The molecule has 9 heteroatoms. The Morgan fingerprint density at radius 1 is 1.00 bits per heavy atom. The van der Waals surface area contributed by atoms with E-state index in [0.29, 0.717) is 23.3 Å². The van der Waals surface area contributed by atoms with Crippen molar-refractivity contribution in [2.45, 2.75) is 50.6 Å². The van der Waals surface area contributed by atoms with Crippen LogP contribution in [0.1, 0.15) is 18.1 Å². The normalized spacial score (nSPS) is 26.8. The SMILES string of the molecule is CCc1ccc(Cn2nnc3cccc(O[C@@H]4O[C@H](CO)[C@@H](O)[C@H](O)[C@H]4O)c32)cc1. The van der Waals surface area contributed by atoms with Crippen molar-refractivity contribution in [3.8, 4) is 5.75 Å². The molecule has 5 atom stereocenters. The quantitative estimate of drug-likeness (QED) is 0.450. The van der Waals surface area contributed by atoms with Crippen LogP contribution in [-0.2, 0) is 17.7 Å². The van der Waals surface area contributed by atoms with Crippen molar-refractivity contribution in [2.24, 2.45) is 0 Å². The summed E-state index contributed by atoms with van der Waals surface area (Å²) in [7, 11) is 0. The van der Waals surface area contributed by atoms with Crippen LogP contribution in [0, 0.1) is 0 Å². The number of benzene rings is 2. The molecule has 4 N–H and O–H groups in total. The second-order valence-electron chi connectivity index (χ2n) is 7.36. The van der Waals surface area contributed by atoms with Gasteiger partial charge >= 0.3 is 0 Å². The molecule has 0 radical (unpaired) electrons. The Labute approximate surface area is 173 Å². The molecule has 4 rings (SSSR count). The van der Waals surface area contributed by atoms with E-state index in [1.807, 2.05) is 12.1 Å². The number of hydrogen-bond acceptors (Lipinski definition) is 8. The third-order valence-corrected chi connectivity index (χ3v) is 5.35. The number of rotatable bonds is 6. The van der Waals surface area contributed by atoms with Crippen LogP contribution in [0.15, 0.2) is 42.5 Å². The molecule has 0 saturated carbocycles. The summed E-state index contributed by atoms with van der Waals surface area (Å²) in [6.07, 6.45) is -5.82. The lowest BCUT2D eigenvalue weighted by molar-refractivity contribution is -0.277. The number of aliphatic hydroxyl groups excluding tert-OH is 4. The van der Waals surface area contributed by atoms with Gasteiger partial charge in [0, 0.05) is 0 Å². The lowest BCUT2D eigenvalue weighted by Crippen LogP contribution is -2.60. The fourth-order valence-corrected chi connectivity index (χ4v) is 3.55. The molecule has 0 spiro atoms. The van der Waals surface area contributed by atoms with Crippen molar-refractivity contribution in [2.75, 3.05) is 6.61 Å². The van der Waals surface area contributed by atoms with E-state index in [4.69, 9.17) is 9.47 Å². The average Bonchev–Trinajstić information content (AvgIpc) is 3.18. The van der Waals surface area contributed by atoms with Gasteiger partial charge in [0.25, 0.3) is 0 Å². The van der Waals surface area contributed by atoms with E-state index >= 15 is 0 Å². The van der Waals surface area contributed by atoms with Crippen LogP contribution in [0.2, 0.25) is 0 Å². The van der Waals surface area contributed by atoms with Crippen LogP contribution in [0.4, 0.5) is 0 Å². The van der Waals surface area contributed by atoms with Crippen molar-refractivity contribution in [1.29, 1.82) is 0 Å². The molecule has 0 amide bonds. The summed E-state index contributed by atoms with van der Waals surface area (Å²) >= 11 is 0. The van der Waals surface area contributed by atoms with Crippen LogP contribution >= 0.6 is 0 Å². The molecule has 1 fully saturated rings. The van der Waals surface area contributed by atoms with Gasteiger partial charge in [-0.2, -0.15) is 0 Å². The molecule has 2 heterocycles. The van der Waals surface area contributed by atoms with E-state index in [9.17, 15) is 20.4 Å². The second-order valence-corrected chi connectivity index (χ2v) is 7.36. The summed E-state index contributed by atoms with van der Waals surface area (Å²) in [5, 5.41) is 48.0. The Bertz CT molecular complexity index is 990. The van der Waals surface area contributed by atoms with Crippen LogP contribution in [0.5, 0.6) is 5.75 Å². The van der Waals surface area contributed by atoms with Crippen molar-refractivity contribution >= 4 is 11.0 Å². The first kappa shape index (κ1) is 20.7. The molecule has 0 aliphatic carbocycles. The summed E-state index contributed by atoms with van der Waals surface area (Å²) in [5.74, 6) is 0.354. The predicted octanol–water partition coefficient (Wildman–Crippen LogP) is 0.221. The zero-order valence-corrected chi connectivity index (χ0v) is 16.5. The Kier molecular flexibility index (Phi) is 5.98. The molecule has 160 valence electrons. The van der Waals surface area contributed by atoms with E-state index in [-0.39, 0.29) is 0 Å². The van der Waals surface area contributed by atoms with E-state index in [2.05, 4.69) is 29.4 Å². The highest BCUT2D eigenvalue weighted by molar-refractivity contribution is 5.81. The van der Waals surface area contributed by atoms with E-state index < -0.39 is 37.3 Å². The Hall–Kier alpha value is -2.56. The lowest BCUT2D eigenvalue weighted by atomic mass is 9.99. The monoisotopic (exact) mass is 415 g/mol. The van der Waals surface area contributed by atoms with Gasteiger partial charge in [-0.15, -0.1) is 5.10 Å². The first-order valence-electron chi connectivity index (χ1n) is 9.89. The zero-order valence-electron chi connectivity index (χ0n) is 16.5. The van der Waals surface area contributed by atoms with Gasteiger partial charge in [-0.05, 0) is 29.7 Å². The molecule has 1 aliphatic heterocycles. The van der Waals surface area contributed by atoms with Gasteiger partial charge in [0.2, 0.25) is 6.29 Å². The van der Waals surface area contributed by atoms with Gasteiger partial charge in [0.05, 0.1) is 13.2 Å². The molecule has 0 unspecified atom stereocenters. The minimum absolute atomic E-state index is 0.354. The summed E-state index contributed by atoms with van der Waals surface area (Å²) < 4.78 is 13.0. The number of aliphatic hydroxyl groups is 4. The zero-order chi connectivity index (χ0) is 21.3. The maximum Gasteiger partial charge on any atom is 0.229 e. The highest BCUT2D eigenvalue weighted by atomic mass is 16.7. The number of hydrogen-bond donors (Lipinski definition) is 4. The second kappa shape index (κ2) is 8.66. The fraction of sp³-hybridized carbons (Fsp3) is 0.429. The summed E-state index contributed by atoms with van der Waals surface area (Å²) in [6.45, 7) is 2.04. The van der Waals surface area contributed by atoms with E-state index in [1.54, 1.807) is 22.9 Å².